The zero-order valence-corrected chi connectivity index (χ0v) is 24.4. The molecule has 8 nitrogen and oxygen atoms in total. The van der Waals surface area contributed by atoms with Crippen LogP contribution in [-0.4, -0.2) is 69.7 Å². The van der Waals surface area contributed by atoms with Crippen LogP contribution in [0, 0.1) is 5.92 Å². The van der Waals surface area contributed by atoms with Crippen molar-refractivity contribution in [2.75, 3.05) is 33.5 Å². The van der Waals surface area contributed by atoms with Gasteiger partial charge in [0.05, 0.1) is 35.1 Å². The molecule has 1 unspecified atom stereocenters. The number of hydrogen-bond acceptors (Lipinski definition) is 5. The molecule has 4 aliphatic rings. The van der Waals surface area contributed by atoms with Gasteiger partial charge >= 0.3 is 12.1 Å². The average Bonchev–Trinajstić information content (AvgIpc) is 3.23. The van der Waals surface area contributed by atoms with E-state index in [1.807, 2.05) is 4.58 Å². The molecule has 0 bridgehead atoms. The number of carbonyl (C=O) groups excluding carboxylic acids is 1. The molecule has 12 heteroatoms. The molecule has 1 aromatic carbocycles. The molecule has 1 aromatic rings. The maximum absolute atomic E-state index is 14.4. The van der Waals surface area contributed by atoms with Crippen molar-refractivity contribution in [2.24, 2.45) is 5.92 Å². The number of carbonyl (C=O) groups is 1. The number of allylic oxidation sites excluding steroid dienone is 1. The summed E-state index contributed by atoms with van der Waals surface area (Å²) in [4.78, 5) is 12.5. The third kappa shape index (κ3) is 6.71. The Bertz CT molecular complexity index is 1330. The smallest absolute Gasteiger partial charge is 0.381 e. The van der Waals surface area contributed by atoms with Crippen LogP contribution in [0.1, 0.15) is 75.3 Å². The highest BCUT2D eigenvalue weighted by Gasteiger charge is 2.44. The first-order chi connectivity index (χ1) is 19.4. The van der Waals surface area contributed by atoms with Crippen LogP contribution in [0.25, 0.3) is 0 Å². The van der Waals surface area contributed by atoms with E-state index in [4.69, 9.17) is 9.47 Å². The standard InChI is InChI=1S/C29H38F3N3O5S/c1-28(17-40-18-28)34-41(37,38)26-9-8-20(15-23(26)29(30,31)32)22-16-25(27(36)33-21-10-12-39-13-11-21)35(2)24(22)14-19-6-4-3-5-7-19/h8-9,15-16,19,21-22,34H,3-7,10-14,17-18H2,1-2H3/p+1. The summed E-state index contributed by atoms with van der Waals surface area (Å²) in [5, 5.41) is 3.06. The van der Waals surface area contributed by atoms with Gasteiger partial charge in [-0.1, -0.05) is 25.3 Å². The summed E-state index contributed by atoms with van der Waals surface area (Å²) >= 11 is 0. The molecule has 0 spiro atoms. The summed E-state index contributed by atoms with van der Waals surface area (Å²) in [6, 6.07) is 3.39. The third-order valence-corrected chi connectivity index (χ3v) is 10.4. The van der Waals surface area contributed by atoms with Crippen LogP contribution in [0.15, 0.2) is 34.9 Å². The van der Waals surface area contributed by atoms with Crippen LogP contribution in [-0.2, 0) is 30.5 Å². The molecule has 2 N–H and O–H groups in total. The summed E-state index contributed by atoms with van der Waals surface area (Å²) in [7, 11) is -2.68. The molecule has 3 fully saturated rings. The first-order valence-electron chi connectivity index (χ1n) is 14.4. The maximum atomic E-state index is 14.4. The number of likely N-dealkylation sites (N-methyl/N-ethyl adjacent to an activating group) is 1. The molecule has 1 amide bonds. The summed E-state index contributed by atoms with van der Waals surface area (Å²) < 4.78 is 83.9. The van der Waals surface area contributed by atoms with Crippen LogP contribution in [0.3, 0.4) is 0 Å². The lowest BCUT2D eigenvalue weighted by molar-refractivity contribution is -0.436. The summed E-state index contributed by atoms with van der Waals surface area (Å²) in [5.41, 5.74) is -0.613. The van der Waals surface area contributed by atoms with E-state index in [1.165, 1.54) is 12.5 Å². The Morgan fingerprint density at radius 2 is 1.76 bits per heavy atom. The number of benzene rings is 1. The number of amides is 1. The lowest BCUT2D eigenvalue weighted by atomic mass is 9.82. The summed E-state index contributed by atoms with van der Waals surface area (Å²) in [6.45, 7) is 2.90. The predicted octanol–water partition coefficient (Wildman–Crippen LogP) is 4.10. The molecule has 1 atom stereocenters. The van der Waals surface area contributed by atoms with Gasteiger partial charge in [0.1, 0.15) is 7.05 Å². The second-order valence-corrected chi connectivity index (χ2v) is 13.7. The van der Waals surface area contributed by atoms with Crippen LogP contribution < -0.4 is 10.0 Å². The maximum Gasteiger partial charge on any atom is 0.417 e. The third-order valence-electron chi connectivity index (χ3n) is 8.67. The number of rotatable bonds is 8. The van der Waals surface area contributed by atoms with E-state index >= 15 is 0 Å². The van der Waals surface area contributed by atoms with Gasteiger partial charge in [0.25, 0.3) is 5.70 Å². The largest absolute Gasteiger partial charge is 0.417 e. The zero-order valence-electron chi connectivity index (χ0n) is 23.6. The van der Waals surface area contributed by atoms with E-state index in [0.29, 0.717) is 49.7 Å². The molecule has 0 aromatic heterocycles. The van der Waals surface area contributed by atoms with Gasteiger partial charge in [0, 0.05) is 31.8 Å². The molecule has 2 saturated heterocycles. The van der Waals surface area contributed by atoms with E-state index in [-0.39, 0.29) is 25.2 Å². The van der Waals surface area contributed by atoms with Gasteiger partial charge in [-0.3, -0.25) is 4.79 Å². The minimum Gasteiger partial charge on any atom is -0.381 e. The van der Waals surface area contributed by atoms with Crippen molar-refractivity contribution in [1.29, 1.82) is 0 Å². The highest BCUT2D eigenvalue weighted by Crippen LogP contribution is 2.40. The number of alkyl halides is 3. The van der Waals surface area contributed by atoms with Crippen molar-refractivity contribution in [3.63, 3.8) is 0 Å². The van der Waals surface area contributed by atoms with Gasteiger partial charge in [-0.05, 0) is 56.2 Å². The van der Waals surface area contributed by atoms with Gasteiger partial charge in [-0.15, -0.1) is 0 Å². The molecule has 1 aliphatic carbocycles. The molecular formula is C29H39F3N3O5S+. The number of hydrogen-bond donors (Lipinski definition) is 2. The molecule has 5 rings (SSSR count). The monoisotopic (exact) mass is 598 g/mol. The fourth-order valence-electron chi connectivity index (χ4n) is 6.34. The number of ether oxygens (including phenoxy) is 2. The van der Waals surface area contributed by atoms with Gasteiger partial charge in [-0.25, -0.2) is 13.1 Å². The first kappa shape index (κ1) is 30.2. The molecule has 3 heterocycles. The Labute approximate surface area is 239 Å². The van der Waals surface area contributed by atoms with Crippen molar-refractivity contribution >= 4 is 21.6 Å². The topological polar surface area (TPSA) is 96.7 Å². The van der Waals surface area contributed by atoms with Crippen LogP contribution >= 0.6 is 0 Å². The fraction of sp³-hybridized carbons (Fsp3) is 0.655. The van der Waals surface area contributed by atoms with Crippen LogP contribution in [0.5, 0.6) is 0 Å². The second-order valence-electron chi connectivity index (χ2n) is 12.1. The number of nitrogens with one attached hydrogen (secondary N) is 2. The summed E-state index contributed by atoms with van der Waals surface area (Å²) in [6.07, 6.45) is 4.35. The van der Waals surface area contributed by atoms with E-state index in [0.717, 1.165) is 43.5 Å². The number of nitrogens with zero attached hydrogens (tertiary/aromatic N) is 1. The Kier molecular flexibility index (Phi) is 8.67. The molecule has 41 heavy (non-hydrogen) atoms. The normalized spacial score (nSPS) is 24.2. The Balaban J connectivity index is 1.50. The van der Waals surface area contributed by atoms with Crippen molar-refractivity contribution in [3.8, 4) is 0 Å². The average molecular weight is 599 g/mol. The minimum absolute atomic E-state index is 0.0249. The van der Waals surface area contributed by atoms with E-state index in [9.17, 15) is 26.4 Å². The van der Waals surface area contributed by atoms with Gasteiger partial charge in [-0.2, -0.15) is 17.7 Å². The minimum atomic E-state index is -4.90. The number of sulfonamides is 1. The fourth-order valence-corrected chi connectivity index (χ4v) is 7.93. The zero-order chi connectivity index (χ0) is 29.4. The SMILES string of the molecule is C[N+]1=C(CC2CCCCC2)C(c2ccc(S(=O)(=O)NC3(C)COC3)c(C(F)(F)F)c2)C=C1C(=O)NC1CCOCC1. The van der Waals surface area contributed by atoms with Gasteiger partial charge < -0.3 is 14.8 Å². The van der Waals surface area contributed by atoms with Crippen LogP contribution in [0.2, 0.25) is 0 Å². The predicted molar refractivity (Wildman–Crippen MR) is 146 cm³/mol. The second kappa shape index (κ2) is 11.8. The van der Waals surface area contributed by atoms with Gasteiger partial charge in [0.2, 0.25) is 10.0 Å². The van der Waals surface area contributed by atoms with Crippen molar-refractivity contribution < 1.29 is 40.4 Å². The Hall–Kier alpha value is -2.28. The Morgan fingerprint density at radius 3 is 2.37 bits per heavy atom. The van der Waals surface area contributed by atoms with E-state index < -0.39 is 38.1 Å². The lowest BCUT2D eigenvalue weighted by Gasteiger charge is -2.38. The van der Waals surface area contributed by atoms with Crippen LogP contribution in [0.4, 0.5) is 13.2 Å². The van der Waals surface area contributed by atoms with Crippen molar-refractivity contribution in [2.45, 2.75) is 86.9 Å². The first-order valence-corrected chi connectivity index (χ1v) is 15.9. The van der Waals surface area contributed by atoms with Crippen molar-refractivity contribution in [1.82, 2.24) is 10.0 Å². The summed E-state index contributed by atoms with van der Waals surface area (Å²) in [5.74, 6) is -0.467. The quantitative estimate of drug-likeness (QED) is 0.440. The molecule has 1 saturated carbocycles. The highest BCUT2D eigenvalue weighted by atomic mass is 32.2. The van der Waals surface area contributed by atoms with Gasteiger partial charge in [0.15, 0.2) is 5.71 Å². The number of halogens is 3. The molecule has 226 valence electrons. The van der Waals surface area contributed by atoms with E-state index in [2.05, 4.69) is 10.0 Å². The molecule has 3 aliphatic heterocycles. The Morgan fingerprint density at radius 1 is 1.07 bits per heavy atom. The molecule has 0 radical (unpaired) electrons. The lowest BCUT2D eigenvalue weighted by Crippen LogP contribution is -2.59. The molecular weight excluding hydrogens is 559 g/mol. The van der Waals surface area contributed by atoms with Crippen molar-refractivity contribution in [3.05, 3.63) is 41.1 Å². The van der Waals surface area contributed by atoms with E-state index in [1.54, 1.807) is 20.0 Å². The highest BCUT2D eigenvalue weighted by molar-refractivity contribution is 7.89.